The quantitative estimate of drug-likeness (QED) is 0.736. The van der Waals surface area contributed by atoms with Crippen molar-refractivity contribution < 1.29 is 4.39 Å². The van der Waals surface area contributed by atoms with E-state index in [1.54, 1.807) is 30.3 Å². The first-order valence-electron chi connectivity index (χ1n) is 5.75. The third-order valence-electron chi connectivity index (χ3n) is 2.55. The van der Waals surface area contributed by atoms with Crippen molar-refractivity contribution in [1.82, 2.24) is 0 Å². The summed E-state index contributed by atoms with van der Waals surface area (Å²) in [6.45, 7) is 1.82. The van der Waals surface area contributed by atoms with Crippen molar-refractivity contribution in [1.29, 1.82) is 0 Å². The summed E-state index contributed by atoms with van der Waals surface area (Å²) >= 11 is 17.0. The molecule has 6 heteroatoms. The van der Waals surface area contributed by atoms with Crippen molar-refractivity contribution >= 4 is 51.9 Å². The average molecular weight is 329 g/mol. The van der Waals surface area contributed by atoms with Gasteiger partial charge in [0.2, 0.25) is 0 Å². The summed E-state index contributed by atoms with van der Waals surface area (Å²) in [7, 11) is 0. The van der Waals surface area contributed by atoms with Crippen LogP contribution in [-0.4, -0.2) is 5.11 Å². The zero-order valence-corrected chi connectivity index (χ0v) is 12.8. The molecular weight excluding hydrogens is 318 g/mol. The van der Waals surface area contributed by atoms with E-state index in [4.69, 9.17) is 35.4 Å². The summed E-state index contributed by atoms with van der Waals surface area (Å²) in [5.74, 6) is -0.364. The number of rotatable bonds is 2. The van der Waals surface area contributed by atoms with Gasteiger partial charge in [0, 0.05) is 5.02 Å². The molecule has 0 heterocycles. The number of hydrogen-bond acceptors (Lipinski definition) is 1. The third-order valence-corrected chi connectivity index (χ3v) is 3.30. The van der Waals surface area contributed by atoms with E-state index in [1.807, 2.05) is 6.92 Å². The van der Waals surface area contributed by atoms with Crippen molar-refractivity contribution in [2.24, 2.45) is 0 Å². The molecule has 2 N–H and O–H groups in total. The highest BCUT2D eigenvalue weighted by Crippen LogP contribution is 2.25. The van der Waals surface area contributed by atoms with E-state index < -0.39 is 0 Å². The maximum atomic E-state index is 13.7. The fourth-order valence-corrected chi connectivity index (χ4v) is 2.26. The summed E-state index contributed by atoms with van der Waals surface area (Å²) in [4.78, 5) is 0. The second-order valence-corrected chi connectivity index (χ2v) is 5.44. The number of nitrogens with one attached hydrogen (secondary N) is 2. The third kappa shape index (κ3) is 3.82. The molecule has 104 valence electrons. The second kappa shape index (κ2) is 6.39. The normalized spacial score (nSPS) is 10.2. The molecule has 0 amide bonds. The lowest BCUT2D eigenvalue weighted by Gasteiger charge is -2.12. The lowest BCUT2D eigenvalue weighted by molar-refractivity contribution is 0.631. The van der Waals surface area contributed by atoms with Crippen LogP contribution in [0.3, 0.4) is 0 Å². The maximum Gasteiger partial charge on any atom is 0.175 e. The predicted molar refractivity (Wildman–Crippen MR) is 87.4 cm³/mol. The molecule has 2 rings (SSSR count). The molecule has 0 radical (unpaired) electrons. The van der Waals surface area contributed by atoms with Crippen LogP contribution in [0.15, 0.2) is 36.4 Å². The van der Waals surface area contributed by atoms with Crippen LogP contribution in [0.2, 0.25) is 10.0 Å². The van der Waals surface area contributed by atoms with Gasteiger partial charge in [-0.1, -0.05) is 29.3 Å². The maximum absolute atomic E-state index is 13.7. The number of thiocarbonyl (C=S) groups is 1. The Bertz CT molecular complexity index is 606. The van der Waals surface area contributed by atoms with Gasteiger partial charge in [0.15, 0.2) is 5.11 Å². The Morgan fingerprint density at radius 3 is 2.35 bits per heavy atom. The fourth-order valence-electron chi connectivity index (χ4n) is 1.59. The van der Waals surface area contributed by atoms with Crippen LogP contribution < -0.4 is 10.6 Å². The molecule has 0 spiro atoms. The van der Waals surface area contributed by atoms with Crippen LogP contribution in [-0.2, 0) is 0 Å². The Labute approximate surface area is 131 Å². The van der Waals surface area contributed by atoms with Gasteiger partial charge in [-0.05, 0) is 55.0 Å². The molecule has 0 saturated heterocycles. The summed E-state index contributed by atoms with van der Waals surface area (Å²) in [6, 6.07) is 9.83. The minimum absolute atomic E-state index is 0.247. The van der Waals surface area contributed by atoms with Gasteiger partial charge in [-0.25, -0.2) is 4.39 Å². The lowest BCUT2D eigenvalue weighted by atomic mass is 10.2. The zero-order chi connectivity index (χ0) is 14.7. The minimum Gasteiger partial charge on any atom is -0.331 e. The van der Waals surface area contributed by atoms with Crippen LogP contribution in [0.25, 0.3) is 0 Å². The number of hydrogen-bond donors (Lipinski definition) is 2. The van der Waals surface area contributed by atoms with Crippen molar-refractivity contribution in [2.45, 2.75) is 6.92 Å². The molecule has 2 aromatic carbocycles. The molecule has 0 bridgehead atoms. The van der Waals surface area contributed by atoms with Crippen LogP contribution in [0, 0.1) is 12.7 Å². The van der Waals surface area contributed by atoms with E-state index >= 15 is 0 Å². The van der Waals surface area contributed by atoms with Gasteiger partial charge in [0.1, 0.15) is 5.82 Å². The van der Waals surface area contributed by atoms with Gasteiger partial charge < -0.3 is 10.6 Å². The number of benzene rings is 2. The van der Waals surface area contributed by atoms with Crippen molar-refractivity contribution in [3.8, 4) is 0 Å². The molecule has 0 fully saturated rings. The largest absolute Gasteiger partial charge is 0.331 e. The van der Waals surface area contributed by atoms with Crippen LogP contribution in [0.4, 0.5) is 15.8 Å². The predicted octanol–water partition coefficient (Wildman–Crippen LogP) is 5.25. The summed E-state index contributed by atoms with van der Waals surface area (Å²) in [5, 5.41) is 6.89. The van der Waals surface area contributed by atoms with Crippen LogP contribution >= 0.6 is 35.4 Å². The monoisotopic (exact) mass is 328 g/mol. The molecular formula is C14H11Cl2FN2S. The van der Waals surface area contributed by atoms with Gasteiger partial charge >= 0.3 is 0 Å². The SMILES string of the molecule is Cc1ccc(NC(=S)Nc2ccc(Cl)cc2Cl)c(F)c1. The van der Waals surface area contributed by atoms with E-state index in [-0.39, 0.29) is 10.9 Å². The molecule has 0 saturated carbocycles. The van der Waals surface area contributed by atoms with Gasteiger partial charge in [0.05, 0.1) is 16.4 Å². The highest BCUT2D eigenvalue weighted by molar-refractivity contribution is 7.80. The van der Waals surface area contributed by atoms with E-state index in [1.165, 1.54) is 6.07 Å². The first kappa shape index (κ1) is 15.0. The number of halogens is 3. The van der Waals surface area contributed by atoms with E-state index in [9.17, 15) is 4.39 Å². The average Bonchev–Trinajstić information content (AvgIpc) is 2.36. The smallest absolute Gasteiger partial charge is 0.175 e. The number of aryl methyl sites for hydroxylation is 1. The molecule has 2 aromatic rings. The first-order valence-corrected chi connectivity index (χ1v) is 6.91. The topological polar surface area (TPSA) is 24.1 Å². The molecule has 0 aromatic heterocycles. The Hall–Kier alpha value is -1.36. The van der Waals surface area contributed by atoms with Gasteiger partial charge in [0.25, 0.3) is 0 Å². The molecule has 0 unspecified atom stereocenters. The molecule has 0 aliphatic rings. The Morgan fingerprint density at radius 1 is 1.05 bits per heavy atom. The molecule has 2 nitrogen and oxygen atoms in total. The Kier molecular flexibility index (Phi) is 4.81. The van der Waals surface area contributed by atoms with Gasteiger partial charge in [-0.15, -0.1) is 0 Å². The Morgan fingerprint density at radius 2 is 1.70 bits per heavy atom. The number of anilines is 2. The summed E-state index contributed by atoms with van der Waals surface area (Å²) < 4.78 is 13.7. The van der Waals surface area contributed by atoms with E-state index in [2.05, 4.69) is 10.6 Å². The Balaban J connectivity index is 2.09. The van der Waals surface area contributed by atoms with E-state index in [0.717, 1.165) is 5.56 Å². The van der Waals surface area contributed by atoms with Crippen molar-refractivity contribution in [3.05, 3.63) is 57.8 Å². The first-order chi connectivity index (χ1) is 9.45. The molecule has 0 aliphatic heterocycles. The van der Waals surface area contributed by atoms with Crippen molar-refractivity contribution in [3.63, 3.8) is 0 Å². The van der Waals surface area contributed by atoms with Gasteiger partial charge in [-0.3, -0.25) is 0 Å². The summed E-state index contributed by atoms with van der Waals surface area (Å²) in [6.07, 6.45) is 0. The molecule has 0 atom stereocenters. The fraction of sp³-hybridized carbons (Fsp3) is 0.0714. The van der Waals surface area contributed by atoms with Crippen molar-refractivity contribution in [2.75, 3.05) is 10.6 Å². The lowest BCUT2D eigenvalue weighted by Crippen LogP contribution is -2.20. The molecule has 20 heavy (non-hydrogen) atoms. The van der Waals surface area contributed by atoms with Crippen LogP contribution in [0.5, 0.6) is 0 Å². The standard InChI is InChI=1S/C14H11Cl2FN2S/c1-8-2-4-13(11(17)6-8)19-14(20)18-12-5-3-9(15)7-10(12)16/h2-7H,1H3,(H2,18,19,20). The highest BCUT2D eigenvalue weighted by Gasteiger charge is 2.06. The van der Waals surface area contributed by atoms with E-state index in [0.29, 0.717) is 21.4 Å². The highest BCUT2D eigenvalue weighted by atomic mass is 35.5. The zero-order valence-electron chi connectivity index (χ0n) is 10.5. The minimum atomic E-state index is -0.364. The second-order valence-electron chi connectivity index (χ2n) is 4.19. The molecule has 0 aliphatic carbocycles. The van der Waals surface area contributed by atoms with Gasteiger partial charge in [-0.2, -0.15) is 0 Å². The van der Waals surface area contributed by atoms with Crippen LogP contribution in [0.1, 0.15) is 5.56 Å². The summed E-state index contributed by atoms with van der Waals surface area (Å²) in [5.41, 5.74) is 1.74.